The van der Waals surface area contributed by atoms with Gasteiger partial charge in [0.2, 0.25) is 0 Å². The Balaban J connectivity index is 2.57. The monoisotopic (exact) mass is 329 g/mol. The maximum atomic E-state index is 11.7. The van der Waals surface area contributed by atoms with Crippen molar-refractivity contribution >= 4 is 39.2 Å². The van der Waals surface area contributed by atoms with E-state index in [-0.39, 0.29) is 16.4 Å². The molecule has 1 aromatic carbocycles. The van der Waals surface area contributed by atoms with E-state index in [1.54, 1.807) is 12.1 Å². The molecule has 18 heavy (non-hydrogen) atoms. The molecule has 0 fully saturated rings. The van der Waals surface area contributed by atoms with Gasteiger partial charge in [0.25, 0.3) is 5.91 Å². The van der Waals surface area contributed by atoms with Crippen LogP contribution >= 0.6 is 28.1 Å². The number of hydrogen-bond donors (Lipinski definition) is 4. The molecule has 0 unspecified atom stereocenters. The van der Waals surface area contributed by atoms with Gasteiger partial charge in [-0.1, -0.05) is 22.0 Å². The number of halogens is 1. The summed E-state index contributed by atoms with van der Waals surface area (Å²) in [5, 5.41) is 12.6. The fraction of sp³-hybridized carbons (Fsp3) is 0.0909. The molecule has 1 aromatic rings. The third-order valence-electron chi connectivity index (χ3n) is 1.90. The van der Waals surface area contributed by atoms with E-state index in [4.69, 9.17) is 12.2 Å². The van der Waals surface area contributed by atoms with Gasteiger partial charge >= 0.3 is 0 Å². The molecule has 0 aliphatic carbocycles. The normalized spacial score (nSPS) is 9.39. The van der Waals surface area contributed by atoms with Crippen LogP contribution in [0.1, 0.15) is 10.4 Å². The molecular weight excluding hydrogens is 318 g/mol. The molecule has 0 atom stereocenters. The number of benzene rings is 1. The van der Waals surface area contributed by atoms with Crippen molar-refractivity contribution in [3.8, 4) is 5.75 Å². The number of hydrazine groups is 1. The molecule has 4 N–H and O–H groups in total. The van der Waals surface area contributed by atoms with Crippen molar-refractivity contribution in [2.75, 3.05) is 6.54 Å². The number of phenols is 1. The van der Waals surface area contributed by atoms with Gasteiger partial charge in [0.1, 0.15) is 5.75 Å². The number of thiocarbonyl (C=S) groups is 1. The van der Waals surface area contributed by atoms with E-state index < -0.39 is 5.91 Å². The lowest BCUT2D eigenvalue weighted by Crippen LogP contribution is -2.46. The summed E-state index contributed by atoms with van der Waals surface area (Å²) in [5.41, 5.74) is 5.02. The summed E-state index contributed by atoms with van der Waals surface area (Å²) in [6.45, 7) is 4.01. The highest BCUT2D eigenvalue weighted by atomic mass is 79.9. The minimum absolute atomic E-state index is 0.109. The third-order valence-corrected chi connectivity index (χ3v) is 2.64. The number of amides is 1. The predicted octanol–water partition coefficient (Wildman–Crippen LogP) is 1.45. The van der Waals surface area contributed by atoms with E-state index in [0.717, 1.165) is 0 Å². The maximum absolute atomic E-state index is 11.7. The van der Waals surface area contributed by atoms with E-state index in [9.17, 15) is 9.90 Å². The van der Waals surface area contributed by atoms with Crippen LogP contribution in [0.3, 0.4) is 0 Å². The number of carbonyl (C=O) groups excluding carboxylic acids is 1. The first-order valence-electron chi connectivity index (χ1n) is 4.98. The van der Waals surface area contributed by atoms with E-state index in [1.807, 2.05) is 0 Å². The highest BCUT2D eigenvalue weighted by molar-refractivity contribution is 9.10. The minimum Gasteiger partial charge on any atom is -0.507 e. The van der Waals surface area contributed by atoms with Gasteiger partial charge < -0.3 is 10.4 Å². The van der Waals surface area contributed by atoms with Crippen LogP contribution < -0.4 is 16.2 Å². The van der Waals surface area contributed by atoms with E-state index in [0.29, 0.717) is 11.0 Å². The van der Waals surface area contributed by atoms with Gasteiger partial charge in [0.05, 0.1) is 5.56 Å². The van der Waals surface area contributed by atoms with Gasteiger partial charge in [0, 0.05) is 11.0 Å². The number of nitrogens with one attached hydrogen (secondary N) is 3. The molecule has 0 aliphatic rings. The fourth-order valence-corrected chi connectivity index (χ4v) is 1.58. The topological polar surface area (TPSA) is 73.4 Å². The van der Waals surface area contributed by atoms with Gasteiger partial charge in [-0.05, 0) is 30.4 Å². The van der Waals surface area contributed by atoms with Crippen molar-refractivity contribution in [3.05, 3.63) is 40.9 Å². The Bertz CT molecular complexity index is 479. The molecule has 0 aliphatic heterocycles. The maximum Gasteiger partial charge on any atom is 0.273 e. The zero-order chi connectivity index (χ0) is 13.5. The lowest BCUT2D eigenvalue weighted by Gasteiger charge is -2.11. The highest BCUT2D eigenvalue weighted by Gasteiger charge is 2.11. The molecule has 1 rings (SSSR count). The molecule has 7 heteroatoms. The highest BCUT2D eigenvalue weighted by Crippen LogP contribution is 2.21. The molecule has 5 nitrogen and oxygen atoms in total. The van der Waals surface area contributed by atoms with Crippen molar-refractivity contribution in [3.63, 3.8) is 0 Å². The van der Waals surface area contributed by atoms with Crippen LogP contribution in [0.4, 0.5) is 0 Å². The standard InChI is InChI=1S/C11H12BrN3O2S/c1-2-5-13-11(18)15-14-10(17)8-6-7(12)3-4-9(8)16/h2-4,6,16H,1,5H2,(H,14,17)(H2,13,15,18). The first-order valence-corrected chi connectivity index (χ1v) is 6.18. The summed E-state index contributed by atoms with van der Waals surface area (Å²) in [7, 11) is 0. The van der Waals surface area contributed by atoms with Crippen LogP contribution in [-0.4, -0.2) is 22.7 Å². The second-order valence-corrected chi connectivity index (χ2v) is 4.56. The Morgan fingerprint density at radius 1 is 1.50 bits per heavy atom. The molecule has 0 saturated carbocycles. The Morgan fingerprint density at radius 2 is 2.22 bits per heavy atom. The molecular formula is C11H12BrN3O2S. The van der Waals surface area contributed by atoms with Crippen molar-refractivity contribution in [2.24, 2.45) is 0 Å². The molecule has 96 valence electrons. The Labute approximate surface area is 118 Å². The van der Waals surface area contributed by atoms with Crippen LogP contribution in [-0.2, 0) is 0 Å². The summed E-state index contributed by atoms with van der Waals surface area (Å²) in [6.07, 6.45) is 1.63. The van der Waals surface area contributed by atoms with Gasteiger partial charge in [0.15, 0.2) is 5.11 Å². The zero-order valence-electron chi connectivity index (χ0n) is 9.37. The summed E-state index contributed by atoms with van der Waals surface area (Å²) in [5.74, 6) is -0.598. The van der Waals surface area contributed by atoms with Gasteiger partial charge in [-0.3, -0.25) is 15.6 Å². The first-order chi connectivity index (χ1) is 8.54. The van der Waals surface area contributed by atoms with Crippen LogP contribution in [0.5, 0.6) is 5.75 Å². The number of hydrogen-bond acceptors (Lipinski definition) is 3. The third kappa shape index (κ3) is 4.34. The Morgan fingerprint density at radius 3 is 2.89 bits per heavy atom. The Hall–Kier alpha value is -1.60. The number of aromatic hydroxyl groups is 1. The molecule has 0 bridgehead atoms. The lowest BCUT2D eigenvalue weighted by molar-refractivity contribution is 0.0941. The smallest absolute Gasteiger partial charge is 0.273 e. The van der Waals surface area contributed by atoms with Gasteiger partial charge in [-0.15, -0.1) is 6.58 Å². The van der Waals surface area contributed by atoms with Crippen LogP contribution in [0, 0.1) is 0 Å². The number of phenolic OH excluding ortho intramolecular Hbond substituents is 1. The predicted molar refractivity (Wildman–Crippen MR) is 77.2 cm³/mol. The first kappa shape index (κ1) is 14.5. The Kier molecular flexibility index (Phi) is 5.60. The largest absolute Gasteiger partial charge is 0.507 e. The molecule has 0 heterocycles. The van der Waals surface area contributed by atoms with Gasteiger partial charge in [-0.2, -0.15) is 0 Å². The van der Waals surface area contributed by atoms with Crippen molar-refractivity contribution in [1.82, 2.24) is 16.2 Å². The molecule has 0 aromatic heterocycles. The average molecular weight is 330 g/mol. The molecule has 0 saturated heterocycles. The summed E-state index contributed by atoms with van der Waals surface area (Å²) < 4.78 is 0.692. The molecule has 1 amide bonds. The van der Waals surface area contributed by atoms with Gasteiger partial charge in [-0.25, -0.2) is 0 Å². The van der Waals surface area contributed by atoms with E-state index in [2.05, 4.69) is 38.7 Å². The SMILES string of the molecule is C=CCNC(=S)NNC(=O)c1cc(Br)ccc1O. The van der Waals surface area contributed by atoms with E-state index in [1.165, 1.54) is 12.1 Å². The molecule has 0 spiro atoms. The van der Waals surface area contributed by atoms with Crippen molar-refractivity contribution < 1.29 is 9.90 Å². The van der Waals surface area contributed by atoms with E-state index >= 15 is 0 Å². The molecule has 0 radical (unpaired) electrons. The van der Waals surface area contributed by atoms with Crippen LogP contribution in [0.25, 0.3) is 0 Å². The van der Waals surface area contributed by atoms with Crippen LogP contribution in [0.2, 0.25) is 0 Å². The fourth-order valence-electron chi connectivity index (χ4n) is 1.08. The second kappa shape index (κ2) is 6.97. The second-order valence-electron chi connectivity index (χ2n) is 3.24. The minimum atomic E-state index is -0.489. The average Bonchev–Trinajstić information content (AvgIpc) is 2.36. The summed E-state index contributed by atoms with van der Waals surface area (Å²) >= 11 is 8.11. The number of carbonyl (C=O) groups is 1. The van der Waals surface area contributed by atoms with Crippen LogP contribution in [0.15, 0.2) is 35.3 Å². The summed E-state index contributed by atoms with van der Waals surface area (Å²) in [6, 6.07) is 4.57. The number of rotatable bonds is 3. The lowest BCUT2D eigenvalue weighted by atomic mass is 10.2. The quantitative estimate of drug-likeness (QED) is 0.384. The van der Waals surface area contributed by atoms with Crippen molar-refractivity contribution in [2.45, 2.75) is 0 Å². The zero-order valence-corrected chi connectivity index (χ0v) is 11.8. The summed E-state index contributed by atoms with van der Waals surface area (Å²) in [4.78, 5) is 11.7. The van der Waals surface area contributed by atoms with Crippen molar-refractivity contribution in [1.29, 1.82) is 0 Å².